The predicted molar refractivity (Wildman–Crippen MR) is 79.6 cm³/mol. The van der Waals surface area contributed by atoms with Crippen molar-refractivity contribution < 1.29 is 8.42 Å². The lowest BCUT2D eigenvalue weighted by atomic mass is 9.87. The second-order valence-corrected chi connectivity index (χ2v) is 7.91. The summed E-state index contributed by atoms with van der Waals surface area (Å²) in [5.41, 5.74) is 6.44. The summed E-state index contributed by atoms with van der Waals surface area (Å²) in [5.74, 6) is 1.26. The molecule has 0 amide bonds. The van der Waals surface area contributed by atoms with Gasteiger partial charge in [0.1, 0.15) is 4.90 Å². The Morgan fingerprint density at radius 2 is 1.95 bits per heavy atom. The standard InChI is InChI=1S/C14H25N3O2S/c1-11(2)12-4-6-17(7-5-12)20(18,19)14-8-13(9-15)16(3)10-14/h8,10-12H,4-7,9,15H2,1-3H3. The molecule has 0 atom stereocenters. The molecule has 0 saturated carbocycles. The summed E-state index contributed by atoms with van der Waals surface area (Å²) < 4.78 is 28.6. The number of piperidine rings is 1. The van der Waals surface area contributed by atoms with Gasteiger partial charge >= 0.3 is 0 Å². The van der Waals surface area contributed by atoms with Crippen LogP contribution in [0, 0.1) is 11.8 Å². The monoisotopic (exact) mass is 299 g/mol. The number of aromatic nitrogens is 1. The van der Waals surface area contributed by atoms with Gasteiger partial charge in [-0.1, -0.05) is 13.8 Å². The van der Waals surface area contributed by atoms with Gasteiger partial charge in [-0.25, -0.2) is 8.42 Å². The van der Waals surface area contributed by atoms with E-state index in [1.807, 2.05) is 7.05 Å². The van der Waals surface area contributed by atoms with Gasteiger partial charge in [0, 0.05) is 38.6 Å². The fourth-order valence-corrected chi connectivity index (χ4v) is 4.42. The number of hydrogen-bond donors (Lipinski definition) is 1. The van der Waals surface area contributed by atoms with Crippen molar-refractivity contribution >= 4 is 10.0 Å². The van der Waals surface area contributed by atoms with Gasteiger partial charge in [0.15, 0.2) is 0 Å². The van der Waals surface area contributed by atoms with Crippen molar-refractivity contribution in [2.45, 2.75) is 38.1 Å². The van der Waals surface area contributed by atoms with E-state index in [9.17, 15) is 8.42 Å². The third-order valence-corrected chi connectivity index (χ3v) is 6.24. The summed E-state index contributed by atoms with van der Waals surface area (Å²) in [5, 5.41) is 0. The van der Waals surface area contributed by atoms with Gasteiger partial charge in [0.05, 0.1) is 0 Å². The first-order valence-corrected chi connectivity index (χ1v) is 8.65. The van der Waals surface area contributed by atoms with Crippen LogP contribution >= 0.6 is 0 Å². The molecular weight excluding hydrogens is 274 g/mol. The summed E-state index contributed by atoms with van der Waals surface area (Å²) in [6.45, 7) is 6.01. The molecule has 1 aromatic heterocycles. The van der Waals surface area contributed by atoms with Crippen LogP contribution in [0.1, 0.15) is 32.4 Å². The minimum Gasteiger partial charge on any atom is -0.352 e. The summed E-state index contributed by atoms with van der Waals surface area (Å²) >= 11 is 0. The molecule has 0 aliphatic carbocycles. The van der Waals surface area contributed by atoms with E-state index in [1.165, 1.54) is 0 Å². The molecule has 2 heterocycles. The van der Waals surface area contributed by atoms with E-state index in [0.717, 1.165) is 18.5 Å². The molecule has 20 heavy (non-hydrogen) atoms. The van der Waals surface area contributed by atoms with E-state index in [4.69, 9.17) is 5.73 Å². The van der Waals surface area contributed by atoms with Crippen LogP contribution < -0.4 is 5.73 Å². The third kappa shape index (κ3) is 2.92. The Morgan fingerprint density at radius 1 is 1.35 bits per heavy atom. The average molecular weight is 299 g/mol. The zero-order valence-corrected chi connectivity index (χ0v) is 13.4. The number of sulfonamides is 1. The number of aryl methyl sites for hydroxylation is 1. The van der Waals surface area contributed by atoms with Crippen LogP contribution in [0.15, 0.2) is 17.2 Å². The second kappa shape index (κ2) is 5.87. The van der Waals surface area contributed by atoms with E-state index in [1.54, 1.807) is 21.1 Å². The van der Waals surface area contributed by atoms with Gasteiger partial charge in [-0.05, 0) is 30.7 Å². The minimum atomic E-state index is -3.37. The quantitative estimate of drug-likeness (QED) is 0.917. The smallest absolute Gasteiger partial charge is 0.244 e. The lowest BCUT2D eigenvalue weighted by Gasteiger charge is -2.32. The molecule has 114 valence electrons. The number of nitrogens with two attached hydrogens (primary N) is 1. The number of hydrogen-bond acceptors (Lipinski definition) is 3. The maximum atomic E-state index is 12.6. The molecule has 1 aliphatic rings. The molecule has 0 unspecified atom stereocenters. The van der Waals surface area contributed by atoms with Gasteiger partial charge in [-0.3, -0.25) is 0 Å². The zero-order valence-electron chi connectivity index (χ0n) is 12.5. The molecule has 0 radical (unpaired) electrons. The van der Waals surface area contributed by atoms with Crippen molar-refractivity contribution in [3.05, 3.63) is 18.0 Å². The Kier molecular flexibility index (Phi) is 4.56. The average Bonchev–Trinajstić information content (AvgIpc) is 2.80. The van der Waals surface area contributed by atoms with Crippen molar-refractivity contribution in [3.8, 4) is 0 Å². The molecule has 2 rings (SSSR count). The predicted octanol–water partition coefficient (Wildman–Crippen LogP) is 1.54. The van der Waals surface area contributed by atoms with Crippen molar-refractivity contribution in [3.63, 3.8) is 0 Å². The molecule has 0 spiro atoms. The van der Waals surface area contributed by atoms with Gasteiger partial charge in [0.25, 0.3) is 0 Å². The van der Waals surface area contributed by atoms with Crippen molar-refractivity contribution in [1.82, 2.24) is 8.87 Å². The normalized spacial score (nSPS) is 18.9. The van der Waals surface area contributed by atoms with E-state index in [0.29, 0.717) is 36.4 Å². The largest absolute Gasteiger partial charge is 0.352 e. The molecule has 0 bridgehead atoms. The fourth-order valence-electron chi connectivity index (χ4n) is 2.85. The molecule has 1 saturated heterocycles. The van der Waals surface area contributed by atoms with Crippen molar-refractivity contribution in [2.24, 2.45) is 24.6 Å². The third-order valence-electron chi connectivity index (χ3n) is 4.37. The Morgan fingerprint density at radius 3 is 2.40 bits per heavy atom. The number of rotatable bonds is 4. The van der Waals surface area contributed by atoms with Gasteiger partial charge in [0.2, 0.25) is 10.0 Å². The maximum Gasteiger partial charge on any atom is 0.244 e. The van der Waals surface area contributed by atoms with Gasteiger partial charge in [-0.2, -0.15) is 4.31 Å². The minimum absolute atomic E-state index is 0.349. The van der Waals surface area contributed by atoms with Crippen LogP contribution in [0.5, 0.6) is 0 Å². The molecule has 2 N–H and O–H groups in total. The highest BCUT2D eigenvalue weighted by molar-refractivity contribution is 7.89. The van der Waals surface area contributed by atoms with Crippen molar-refractivity contribution in [2.75, 3.05) is 13.1 Å². The van der Waals surface area contributed by atoms with Crippen LogP contribution in [0.25, 0.3) is 0 Å². The molecule has 0 aromatic carbocycles. The molecule has 5 nitrogen and oxygen atoms in total. The van der Waals surface area contributed by atoms with Crippen molar-refractivity contribution in [1.29, 1.82) is 0 Å². The van der Waals surface area contributed by atoms with Crippen LogP contribution in [0.3, 0.4) is 0 Å². The lowest BCUT2D eigenvalue weighted by Crippen LogP contribution is -2.39. The summed E-state index contributed by atoms with van der Waals surface area (Å²) in [4.78, 5) is 0.364. The van der Waals surface area contributed by atoms with E-state index in [2.05, 4.69) is 13.8 Å². The molecule has 1 fully saturated rings. The molecule has 6 heteroatoms. The summed E-state index contributed by atoms with van der Waals surface area (Å²) in [6, 6.07) is 1.68. The Labute approximate surface area is 121 Å². The molecule has 1 aliphatic heterocycles. The Bertz CT molecular complexity index is 555. The van der Waals surface area contributed by atoms with Crippen LogP contribution in [0.4, 0.5) is 0 Å². The highest BCUT2D eigenvalue weighted by Crippen LogP contribution is 2.28. The van der Waals surface area contributed by atoms with Crippen LogP contribution in [-0.4, -0.2) is 30.4 Å². The first-order chi connectivity index (χ1) is 9.36. The summed E-state index contributed by atoms with van der Waals surface area (Å²) in [7, 11) is -1.54. The zero-order chi connectivity index (χ0) is 14.9. The molecular formula is C14H25N3O2S. The first kappa shape index (κ1) is 15.5. The van der Waals surface area contributed by atoms with E-state index >= 15 is 0 Å². The van der Waals surface area contributed by atoms with Gasteiger partial charge in [-0.15, -0.1) is 0 Å². The topological polar surface area (TPSA) is 68.3 Å². The number of nitrogens with zero attached hydrogens (tertiary/aromatic N) is 2. The highest BCUT2D eigenvalue weighted by Gasteiger charge is 2.31. The second-order valence-electron chi connectivity index (χ2n) is 5.97. The summed E-state index contributed by atoms with van der Waals surface area (Å²) in [6.07, 6.45) is 3.56. The Hall–Kier alpha value is -0.850. The lowest BCUT2D eigenvalue weighted by molar-refractivity contribution is 0.226. The van der Waals surface area contributed by atoms with E-state index < -0.39 is 10.0 Å². The van der Waals surface area contributed by atoms with Gasteiger partial charge < -0.3 is 10.3 Å². The van der Waals surface area contributed by atoms with E-state index in [-0.39, 0.29) is 0 Å². The first-order valence-electron chi connectivity index (χ1n) is 7.21. The SMILES string of the molecule is CC(C)C1CCN(S(=O)(=O)c2cc(CN)n(C)c2)CC1. The maximum absolute atomic E-state index is 12.6. The fraction of sp³-hybridized carbons (Fsp3) is 0.714. The molecule has 1 aromatic rings. The Balaban J connectivity index is 2.15. The highest BCUT2D eigenvalue weighted by atomic mass is 32.2. The van der Waals surface area contributed by atoms with Crippen LogP contribution in [-0.2, 0) is 23.6 Å². The van der Waals surface area contributed by atoms with Crippen LogP contribution in [0.2, 0.25) is 0 Å².